The first-order valence-electron chi connectivity index (χ1n) is 13.9. The summed E-state index contributed by atoms with van der Waals surface area (Å²) in [7, 11) is 0. The van der Waals surface area contributed by atoms with E-state index in [1.165, 1.54) is 87.8 Å². The Kier molecular flexibility index (Phi) is 9.92. The summed E-state index contributed by atoms with van der Waals surface area (Å²) in [5.74, 6) is 2.99. The quantitative estimate of drug-likeness (QED) is 0.125. The van der Waals surface area contributed by atoms with Crippen molar-refractivity contribution >= 4 is 0 Å². The van der Waals surface area contributed by atoms with E-state index in [1.54, 1.807) is 12.1 Å². The van der Waals surface area contributed by atoms with E-state index in [-0.39, 0.29) is 23.3 Å². The number of allylic oxidation sites excluding steroid dienone is 1. The van der Waals surface area contributed by atoms with Gasteiger partial charge in [-0.1, -0.05) is 37.5 Å². The van der Waals surface area contributed by atoms with Crippen LogP contribution in [0.2, 0.25) is 0 Å². The van der Waals surface area contributed by atoms with Crippen molar-refractivity contribution < 1.29 is 27.0 Å². The lowest BCUT2D eigenvalue weighted by molar-refractivity contribution is -0.185. The van der Waals surface area contributed by atoms with Gasteiger partial charge < -0.3 is 9.47 Å². The van der Waals surface area contributed by atoms with Crippen LogP contribution in [0.5, 0.6) is 11.5 Å². The fourth-order valence-corrected chi connectivity index (χ4v) is 6.28. The molecule has 0 radical (unpaired) electrons. The fourth-order valence-electron chi connectivity index (χ4n) is 6.28. The highest BCUT2D eigenvalue weighted by Gasteiger charge is 2.35. The second-order valence-electron chi connectivity index (χ2n) is 10.8. The summed E-state index contributed by atoms with van der Waals surface area (Å²) in [6.07, 6.45) is 10.7. The lowest BCUT2D eigenvalue weighted by Gasteiger charge is -2.38. The Morgan fingerprint density at radius 1 is 0.816 bits per heavy atom. The molecule has 0 bridgehead atoms. The predicted molar refractivity (Wildman–Crippen MR) is 143 cm³/mol. The van der Waals surface area contributed by atoms with Crippen LogP contribution in [0, 0.1) is 17.8 Å². The van der Waals surface area contributed by atoms with E-state index in [9.17, 15) is 17.6 Å². The number of rotatable bonds is 11. The maximum Gasteiger partial charge on any atom is 0.426 e. The van der Waals surface area contributed by atoms with Gasteiger partial charge in [-0.05, 0) is 117 Å². The molecule has 0 atom stereocenters. The summed E-state index contributed by atoms with van der Waals surface area (Å²) >= 11 is 0. The van der Waals surface area contributed by atoms with Crippen molar-refractivity contribution in [1.82, 2.24) is 0 Å². The minimum Gasteiger partial charge on any atom is -0.459 e. The van der Waals surface area contributed by atoms with Gasteiger partial charge in [0.05, 0.1) is 5.56 Å². The average Bonchev–Trinajstić information content (AvgIpc) is 2.93. The first-order chi connectivity index (χ1) is 18.3. The Morgan fingerprint density at radius 3 is 1.97 bits per heavy atom. The molecular weight excluding hydrogens is 492 g/mol. The molecule has 0 aromatic heterocycles. The molecule has 6 heteroatoms. The highest BCUT2D eigenvalue weighted by Crippen LogP contribution is 2.45. The summed E-state index contributed by atoms with van der Waals surface area (Å²) in [5.41, 5.74) is 0.895. The Hall–Kier alpha value is -2.76. The van der Waals surface area contributed by atoms with Gasteiger partial charge in [0.2, 0.25) is 0 Å². The third-order valence-corrected chi connectivity index (χ3v) is 8.42. The van der Waals surface area contributed by atoms with E-state index in [2.05, 4.69) is 6.58 Å². The van der Waals surface area contributed by atoms with Crippen LogP contribution in [0.3, 0.4) is 0 Å². The molecule has 0 saturated heterocycles. The summed E-state index contributed by atoms with van der Waals surface area (Å²) in [4.78, 5) is 0. The molecule has 0 unspecified atom stereocenters. The van der Waals surface area contributed by atoms with Crippen molar-refractivity contribution in [2.24, 2.45) is 17.8 Å². The zero-order chi connectivity index (χ0) is 27.0. The first-order valence-corrected chi connectivity index (χ1v) is 13.9. The predicted octanol–water partition coefficient (Wildman–Crippen LogP) is 10.4. The molecule has 2 aliphatic carbocycles. The van der Waals surface area contributed by atoms with Crippen molar-refractivity contribution in [3.05, 3.63) is 84.7 Å². The summed E-state index contributed by atoms with van der Waals surface area (Å²) in [5, 5.41) is 0. The van der Waals surface area contributed by atoms with Crippen LogP contribution in [0.25, 0.3) is 0 Å². The number of ether oxygens (including phenoxy) is 2. The van der Waals surface area contributed by atoms with Gasteiger partial charge in [-0.2, -0.15) is 17.6 Å². The first kappa shape index (κ1) is 28.3. The molecule has 2 aliphatic rings. The molecule has 0 amide bonds. The van der Waals surface area contributed by atoms with Crippen LogP contribution in [-0.2, 0) is 6.11 Å². The van der Waals surface area contributed by atoms with Crippen LogP contribution < -0.4 is 9.47 Å². The Labute approximate surface area is 223 Å². The molecular formula is C32H38F4O2. The van der Waals surface area contributed by atoms with E-state index in [1.807, 2.05) is 6.08 Å². The molecule has 2 saturated carbocycles. The van der Waals surface area contributed by atoms with Crippen LogP contribution in [0.1, 0.15) is 87.7 Å². The minimum atomic E-state index is -3.52. The van der Waals surface area contributed by atoms with Gasteiger partial charge in [-0.3, -0.25) is 0 Å². The minimum absolute atomic E-state index is 0.0831. The molecule has 4 rings (SSSR count). The van der Waals surface area contributed by atoms with Gasteiger partial charge >= 0.3 is 12.2 Å². The van der Waals surface area contributed by atoms with Gasteiger partial charge in [0, 0.05) is 0 Å². The number of hydrogen-bond acceptors (Lipinski definition) is 2. The number of benzene rings is 2. The maximum absolute atomic E-state index is 14.8. The molecule has 0 aliphatic heterocycles. The lowest BCUT2D eigenvalue weighted by Crippen LogP contribution is -2.25. The molecule has 2 fully saturated rings. The Bertz CT molecular complexity index is 1030. The Morgan fingerprint density at radius 2 is 1.39 bits per heavy atom. The molecule has 0 heterocycles. The van der Waals surface area contributed by atoms with Crippen molar-refractivity contribution in [3.63, 3.8) is 0 Å². The second kappa shape index (κ2) is 13.3. The number of hydrogen-bond donors (Lipinski definition) is 0. The van der Waals surface area contributed by atoms with Gasteiger partial charge in [0.1, 0.15) is 11.5 Å². The third-order valence-electron chi connectivity index (χ3n) is 8.42. The van der Waals surface area contributed by atoms with E-state index >= 15 is 0 Å². The topological polar surface area (TPSA) is 18.5 Å². The SMILES string of the molecule is C=CCCCC1CCC(C2CCC(c3ccc(C(F)(F)Oc4ccc(OC=C(F)F)cc4)cc3)CC2)CC1. The molecule has 2 nitrogen and oxygen atoms in total. The average molecular weight is 531 g/mol. The van der Waals surface area contributed by atoms with Crippen LogP contribution >= 0.6 is 0 Å². The van der Waals surface area contributed by atoms with Gasteiger partial charge in [-0.15, -0.1) is 6.58 Å². The smallest absolute Gasteiger partial charge is 0.426 e. The van der Waals surface area contributed by atoms with Crippen LogP contribution in [0.15, 0.2) is 73.5 Å². The molecule has 0 N–H and O–H groups in total. The second-order valence-corrected chi connectivity index (χ2v) is 10.8. The molecule has 206 valence electrons. The lowest BCUT2D eigenvalue weighted by atomic mass is 9.68. The highest BCUT2D eigenvalue weighted by molar-refractivity contribution is 5.33. The molecule has 0 spiro atoms. The molecule has 2 aromatic rings. The van der Waals surface area contributed by atoms with E-state index in [0.29, 0.717) is 5.92 Å². The zero-order valence-corrected chi connectivity index (χ0v) is 21.9. The van der Waals surface area contributed by atoms with Gasteiger partial charge in [-0.25, -0.2) is 0 Å². The monoisotopic (exact) mass is 530 g/mol. The van der Waals surface area contributed by atoms with Crippen molar-refractivity contribution in [2.45, 2.75) is 82.7 Å². The third kappa shape index (κ3) is 7.87. The normalized spacial score (nSPS) is 23.9. The van der Waals surface area contributed by atoms with E-state index < -0.39 is 12.2 Å². The Balaban J connectivity index is 1.25. The number of halogens is 4. The van der Waals surface area contributed by atoms with Crippen molar-refractivity contribution in [1.29, 1.82) is 0 Å². The van der Waals surface area contributed by atoms with E-state index in [0.717, 1.165) is 42.6 Å². The molecule has 2 aromatic carbocycles. The number of alkyl halides is 2. The fraction of sp³-hybridized carbons (Fsp3) is 0.500. The van der Waals surface area contributed by atoms with Crippen LogP contribution in [-0.4, -0.2) is 0 Å². The summed E-state index contributed by atoms with van der Waals surface area (Å²) < 4.78 is 63.4. The van der Waals surface area contributed by atoms with Crippen molar-refractivity contribution in [3.8, 4) is 11.5 Å². The maximum atomic E-state index is 14.8. The molecule has 38 heavy (non-hydrogen) atoms. The largest absolute Gasteiger partial charge is 0.459 e. The van der Waals surface area contributed by atoms with Gasteiger partial charge in [0.15, 0.2) is 6.26 Å². The van der Waals surface area contributed by atoms with Crippen molar-refractivity contribution in [2.75, 3.05) is 0 Å². The summed E-state index contributed by atoms with van der Waals surface area (Å²) in [6.45, 7) is 3.83. The van der Waals surface area contributed by atoms with E-state index in [4.69, 9.17) is 9.47 Å². The summed E-state index contributed by atoms with van der Waals surface area (Å²) in [6, 6.07) is 11.6. The zero-order valence-electron chi connectivity index (χ0n) is 21.9. The standard InChI is InChI=1S/C32H38F4O2/c1-2-3-4-5-23-6-8-24(9-7-23)25-10-12-26(13-11-25)27-14-16-28(17-15-27)32(35,36)38-30-20-18-29(19-21-30)37-22-31(33)34/h2,14-26H,1,3-13H2. The highest BCUT2D eigenvalue weighted by atomic mass is 19.3. The van der Waals surface area contributed by atoms with Crippen LogP contribution in [0.4, 0.5) is 17.6 Å². The number of unbranched alkanes of at least 4 members (excludes halogenated alkanes) is 1. The van der Waals surface area contributed by atoms with Gasteiger partial charge in [0.25, 0.3) is 0 Å².